The molecule has 1 aliphatic heterocycles. The lowest BCUT2D eigenvalue weighted by Gasteiger charge is -2.16. The summed E-state index contributed by atoms with van der Waals surface area (Å²) in [5, 5.41) is 9.12. The Morgan fingerprint density at radius 1 is 1.56 bits per heavy atom. The molecule has 1 amide bonds. The Morgan fingerprint density at radius 2 is 2.28 bits per heavy atom. The number of carbonyl (C=O) groups is 2. The van der Waals surface area contributed by atoms with Gasteiger partial charge in [-0.15, -0.1) is 0 Å². The number of carboxylic acids is 1. The van der Waals surface area contributed by atoms with Crippen molar-refractivity contribution in [2.24, 2.45) is 5.92 Å². The molecule has 1 saturated heterocycles. The molecule has 0 spiro atoms. The van der Waals surface area contributed by atoms with Gasteiger partial charge in [-0.3, -0.25) is 9.59 Å². The molecule has 6 heteroatoms. The number of nitrogens with zero attached hydrogens (tertiary/aromatic N) is 1. The highest BCUT2D eigenvalue weighted by molar-refractivity contribution is 6.30. The molecule has 1 atom stereocenters. The summed E-state index contributed by atoms with van der Waals surface area (Å²) in [5.41, 5.74) is 0.332. The molecule has 1 unspecified atom stereocenters. The van der Waals surface area contributed by atoms with Gasteiger partial charge < -0.3 is 10.0 Å². The number of carbonyl (C=O) groups excluding carboxylic acids is 1. The van der Waals surface area contributed by atoms with Crippen LogP contribution in [0.25, 0.3) is 0 Å². The van der Waals surface area contributed by atoms with Gasteiger partial charge in [0.2, 0.25) is 5.91 Å². The van der Waals surface area contributed by atoms with E-state index in [0.717, 1.165) is 0 Å². The van der Waals surface area contributed by atoms with Gasteiger partial charge in [0, 0.05) is 30.1 Å². The van der Waals surface area contributed by atoms with Crippen LogP contribution in [0.4, 0.5) is 4.39 Å². The first-order valence-electron chi connectivity index (χ1n) is 5.42. The van der Waals surface area contributed by atoms with E-state index >= 15 is 0 Å². The van der Waals surface area contributed by atoms with Crippen LogP contribution in [0.2, 0.25) is 5.02 Å². The lowest BCUT2D eigenvalue weighted by Crippen LogP contribution is -2.26. The smallest absolute Gasteiger partial charge is 0.308 e. The van der Waals surface area contributed by atoms with Gasteiger partial charge in [-0.2, -0.15) is 0 Å². The predicted molar refractivity (Wildman–Crippen MR) is 62.6 cm³/mol. The number of halogens is 2. The van der Waals surface area contributed by atoms with E-state index in [4.69, 9.17) is 16.7 Å². The van der Waals surface area contributed by atoms with E-state index in [1.807, 2.05) is 0 Å². The van der Waals surface area contributed by atoms with Crippen LogP contribution in [0, 0.1) is 11.7 Å². The predicted octanol–water partition coefficient (Wildman–Crippen LogP) is 1.91. The van der Waals surface area contributed by atoms with Crippen molar-refractivity contribution in [1.82, 2.24) is 4.90 Å². The molecule has 96 valence electrons. The highest BCUT2D eigenvalue weighted by atomic mass is 35.5. The topological polar surface area (TPSA) is 57.6 Å². The monoisotopic (exact) mass is 271 g/mol. The Hall–Kier alpha value is -1.62. The standard InChI is InChI=1S/C12H11ClFNO3/c13-9-2-1-7(10(14)4-9)5-15-6-8(12(17)18)3-11(15)16/h1-2,4,8H,3,5-6H2,(H,17,18). The van der Waals surface area contributed by atoms with Gasteiger partial charge in [0.25, 0.3) is 0 Å². The van der Waals surface area contributed by atoms with E-state index in [-0.39, 0.29) is 30.4 Å². The van der Waals surface area contributed by atoms with Crippen LogP contribution in [0.1, 0.15) is 12.0 Å². The Labute approximate surface area is 108 Å². The molecule has 0 bridgehead atoms. The molecular formula is C12H11ClFNO3. The van der Waals surface area contributed by atoms with Crippen molar-refractivity contribution < 1.29 is 19.1 Å². The second-order valence-electron chi connectivity index (χ2n) is 4.25. The first-order chi connectivity index (χ1) is 8.47. The first-order valence-corrected chi connectivity index (χ1v) is 5.79. The normalized spacial score (nSPS) is 19.3. The Morgan fingerprint density at radius 3 is 2.83 bits per heavy atom. The molecule has 0 saturated carbocycles. The summed E-state index contributed by atoms with van der Waals surface area (Å²) in [5.74, 6) is -2.46. The molecule has 1 heterocycles. The van der Waals surface area contributed by atoms with Crippen molar-refractivity contribution in [3.8, 4) is 0 Å². The molecule has 2 rings (SSSR count). The van der Waals surface area contributed by atoms with E-state index in [1.54, 1.807) is 0 Å². The average molecular weight is 272 g/mol. The number of hydrogen-bond acceptors (Lipinski definition) is 2. The maximum absolute atomic E-state index is 13.5. The maximum atomic E-state index is 13.5. The minimum absolute atomic E-state index is 0.0233. The molecule has 0 radical (unpaired) electrons. The second kappa shape index (κ2) is 4.94. The summed E-state index contributed by atoms with van der Waals surface area (Å²) in [4.78, 5) is 23.7. The van der Waals surface area contributed by atoms with Gasteiger partial charge in [-0.05, 0) is 12.1 Å². The fraction of sp³-hybridized carbons (Fsp3) is 0.333. The number of likely N-dealkylation sites (tertiary alicyclic amines) is 1. The van der Waals surface area contributed by atoms with Crippen LogP contribution >= 0.6 is 11.6 Å². The molecular weight excluding hydrogens is 261 g/mol. The second-order valence-corrected chi connectivity index (χ2v) is 4.69. The number of carboxylic acid groups (broad SMARTS) is 1. The van der Waals surface area contributed by atoms with E-state index < -0.39 is 17.7 Å². The molecule has 1 aromatic carbocycles. The zero-order valence-electron chi connectivity index (χ0n) is 9.40. The average Bonchev–Trinajstić information content (AvgIpc) is 2.64. The summed E-state index contributed by atoms with van der Waals surface area (Å²) < 4.78 is 13.5. The van der Waals surface area contributed by atoms with Crippen molar-refractivity contribution in [2.45, 2.75) is 13.0 Å². The third-order valence-electron chi connectivity index (χ3n) is 2.94. The molecule has 0 aliphatic carbocycles. The van der Waals surface area contributed by atoms with E-state index in [9.17, 15) is 14.0 Å². The van der Waals surface area contributed by atoms with Crippen molar-refractivity contribution in [1.29, 1.82) is 0 Å². The molecule has 1 N–H and O–H groups in total. The van der Waals surface area contributed by atoms with Crippen LogP contribution in [0.5, 0.6) is 0 Å². The SMILES string of the molecule is O=C(O)C1CC(=O)N(Cc2ccc(Cl)cc2F)C1. The van der Waals surface area contributed by atoms with Gasteiger partial charge in [-0.25, -0.2) is 4.39 Å². The third-order valence-corrected chi connectivity index (χ3v) is 3.18. The largest absolute Gasteiger partial charge is 0.481 e. The fourth-order valence-electron chi connectivity index (χ4n) is 1.95. The van der Waals surface area contributed by atoms with Crippen molar-refractivity contribution >= 4 is 23.5 Å². The van der Waals surface area contributed by atoms with Gasteiger partial charge >= 0.3 is 5.97 Å². The lowest BCUT2D eigenvalue weighted by molar-refractivity contribution is -0.141. The Bertz CT molecular complexity index is 506. The van der Waals surface area contributed by atoms with Crippen LogP contribution in [0.15, 0.2) is 18.2 Å². The maximum Gasteiger partial charge on any atom is 0.308 e. The summed E-state index contributed by atoms with van der Waals surface area (Å²) in [6.07, 6.45) is -0.0233. The summed E-state index contributed by atoms with van der Waals surface area (Å²) in [6.45, 7) is 0.196. The lowest BCUT2D eigenvalue weighted by atomic mass is 10.1. The molecule has 1 fully saturated rings. The van der Waals surface area contributed by atoms with Crippen molar-refractivity contribution in [3.05, 3.63) is 34.6 Å². The quantitative estimate of drug-likeness (QED) is 0.914. The first kappa shape index (κ1) is 12.8. The van der Waals surface area contributed by atoms with E-state index in [1.165, 1.54) is 23.1 Å². The highest BCUT2D eigenvalue weighted by Crippen LogP contribution is 2.22. The Kier molecular flexibility index (Phi) is 3.52. The van der Waals surface area contributed by atoms with Crippen LogP contribution in [0.3, 0.4) is 0 Å². The zero-order valence-corrected chi connectivity index (χ0v) is 10.2. The summed E-state index contributed by atoms with van der Waals surface area (Å²) in [6, 6.07) is 4.21. The highest BCUT2D eigenvalue weighted by Gasteiger charge is 2.34. The third kappa shape index (κ3) is 2.61. The fourth-order valence-corrected chi connectivity index (χ4v) is 2.10. The summed E-state index contributed by atoms with van der Waals surface area (Å²) >= 11 is 5.63. The van der Waals surface area contributed by atoms with Crippen LogP contribution < -0.4 is 0 Å². The van der Waals surface area contributed by atoms with Crippen LogP contribution in [-0.4, -0.2) is 28.4 Å². The van der Waals surface area contributed by atoms with Gasteiger partial charge in [0.05, 0.1) is 5.92 Å². The van der Waals surface area contributed by atoms with Crippen molar-refractivity contribution in [3.63, 3.8) is 0 Å². The zero-order chi connectivity index (χ0) is 13.3. The van der Waals surface area contributed by atoms with Gasteiger partial charge in [0.1, 0.15) is 5.82 Å². The molecule has 18 heavy (non-hydrogen) atoms. The molecule has 0 aromatic heterocycles. The Balaban J connectivity index is 2.10. The van der Waals surface area contributed by atoms with Crippen LogP contribution in [-0.2, 0) is 16.1 Å². The summed E-state index contributed by atoms with van der Waals surface area (Å²) in [7, 11) is 0. The minimum atomic E-state index is -0.998. The molecule has 1 aliphatic rings. The van der Waals surface area contributed by atoms with E-state index in [2.05, 4.69) is 0 Å². The minimum Gasteiger partial charge on any atom is -0.481 e. The number of hydrogen-bond donors (Lipinski definition) is 1. The number of amides is 1. The number of rotatable bonds is 3. The number of benzene rings is 1. The van der Waals surface area contributed by atoms with Gasteiger partial charge in [-0.1, -0.05) is 17.7 Å². The van der Waals surface area contributed by atoms with Gasteiger partial charge in [0.15, 0.2) is 0 Å². The van der Waals surface area contributed by atoms with Crippen molar-refractivity contribution in [2.75, 3.05) is 6.54 Å². The number of aliphatic carboxylic acids is 1. The molecule has 4 nitrogen and oxygen atoms in total. The van der Waals surface area contributed by atoms with E-state index in [0.29, 0.717) is 5.56 Å². The molecule has 1 aromatic rings.